The molecule has 6 heteroatoms. The zero-order valence-corrected chi connectivity index (χ0v) is 15.9. The topological polar surface area (TPSA) is 48.5 Å². The molecule has 2 aromatic rings. The molecular formula is C20H26N4OS. The molecule has 0 spiro atoms. The van der Waals surface area contributed by atoms with E-state index in [0.29, 0.717) is 6.04 Å². The van der Waals surface area contributed by atoms with Gasteiger partial charge < -0.3 is 10.2 Å². The summed E-state index contributed by atoms with van der Waals surface area (Å²) in [6, 6.07) is 8.73. The van der Waals surface area contributed by atoms with Crippen LogP contribution in [-0.4, -0.2) is 53.4 Å². The number of nitrogens with one attached hydrogen (secondary N) is 1. The molecule has 2 aromatic heterocycles. The Kier molecular flexibility index (Phi) is 5.62. The summed E-state index contributed by atoms with van der Waals surface area (Å²) in [5.41, 5.74) is 1.28. The van der Waals surface area contributed by atoms with Gasteiger partial charge in [-0.3, -0.25) is 14.7 Å². The van der Waals surface area contributed by atoms with Crippen LogP contribution in [0.15, 0.2) is 36.7 Å². The minimum Gasteiger partial charge on any atom is -0.337 e. The molecule has 1 N–H and O–H groups in total. The molecule has 0 unspecified atom stereocenters. The Labute approximate surface area is 159 Å². The Bertz CT molecular complexity index is 726. The van der Waals surface area contributed by atoms with Gasteiger partial charge in [-0.05, 0) is 55.6 Å². The van der Waals surface area contributed by atoms with Crippen LogP contribution in [0.25, 0.3) is 0 Å². The number of aromatic nitrogens is 1. The fourth-order valence-corrected chi connectivity index (χ4v) is 4.90. The maximum atomic E-state index is 12.9. The molecule has 26 heavy (non-hydrogen) atoms. The van der Waals surface area contributed by atoms with Gasteiger partial charge in [0.1, 0.15) is 0 Å². The highest BCUT2D eigenvalue weighted by atomic mass is 32.1. The van der Waals surface area contributed by atoms with E-state index in [2.05, 4.69) is 33.4 Å². The lowest BCUT2D eigenvalue weighted by Gasteiger charge is -2.21. The summed E-state index contributed by atoms with van der Waals surface area (Å²) in [4.78, 5) is 23.7. The lowest BCUT2D eigenvalue weighted by molar-refractivity contribution is 0.0766. The second kappa shape index (κ2) is 8.29. The van der Waals surface area contributed by atoms with Crippen molar-refractivity contribution in [1.29, 1.82) is 0 Å². The number of hydrogen-bond acceptors (Lipinski definition) is 5. The van der Waals surface area contributed by atoms with Crippen LogP contribution in [0.4, 0.5) is 0 Å². The van der Waals surface area contributed by atoms with Crippen molar-refractivity contribution in [2.75, 3.05) is 32.7 Å². The minimum absolute atomic E-state index is 0.199. The van der Waals surface area contributed by atoms with E-state index in [0.717, 1.165) is 50.6 Å². The van der Waals surface area contributed by atoms with Gasteiger partial charge in [0, 0.05) is 56.0 Å². The summed E-state index contributed by atoms with van der Waals surface area (Å²) >= 11 is 1.67. The van der Waals surface area contributed by atoms with Gasteiger partial charge in [-0.1, -0.05) is 0 Å². The van der Waals surface area contributed by atoms with Crippen LogP contribution in [0.5, 0.6) is 0 Å². The smallest absolute Gasteiger partial charge is 0.263 e. The van der Waals surface area contributed by atoms with Crippen molar-refractivity contribution in [3.05, 3.63) is 52.0 Å². The second-order valence-electron chi connectivity index (χ2n) is 7.13. The summed E-state index contributed by atoms with van der Waals surface area (Å²) in [7, 11) is 0. The van der Waals surface area contributed by atoms with E-state index in [1.807, 2.05) is 23.4 Å². The average Bonchev–Trinajstić information content (AvgIpc) is 3.31. The van der Waals surface area contributed by atoms with Crippen LogP contribution >= 0.6 is 11.3 Å². The van der Waals surface area contributed by atoms with Crippen molar-refractivity contribution < 1.29 is 4.79 Å². The number of carbonyl (C=O) groups excluding carboxylic acids is 1. The minimum atomic E-state index is 0.199. The molecule has 2 saturated heterocycles. The summed E-state index contributed by atoms with van der Waals surface area (Å²) in [5, 5.41) is 3.52. The Morgan fingerprint density at radius 1 is 1.12 bits per heavy atom. The molecular weight excluding hydrogens is 344 g/mol. The van der Waals surface area contributed by atoms with Crippen LogP contribution in [0.2, 0.25) is 0 Å². The molecule has 0 aromatic carbocycles. The fraction of sp³-hybridized carbons (Fsp3) is 0.500. The molecule has 0 saturated carbocycles. The van der Waals surface area contributed by atoms with E-state index in [-0.39, 0.29) is 5.91 Å². The van der Waals surface area contributed by atoms with Crippen molar-refractivity contribution in [3.8, 4) is 0 Å². The Balaban J connectivity index is 1.35. The zero-order valence-electron chi connectivity index (χ0n) is 15.1. The van der Waals surface area contributed by atoms with Crippen LogP contribution in [0.1, 0.15) is 45.4 Å². The highest BCUT2D eigenvalue weighted by Crippen LogP contribution is 2.30. The van der Waals surface area contributed by atoms with E-state index in [9.17, 15) is 4.79 Å². The first kappa shape index (κ1) is 17.6. The molecule has 5 nitrogen and oxygen atoms in total. The highest BCUT2D eigenvalue weighted by Gasteiger charge is 2.24. The first-order chi connectivity index (χ1) is 12.8. The molecule has 2 fully saturated rings. The van der Waals surface area contributed by atoms with Crippen LogP contribution < -0.4 is 5.32 Å². The summed E-state index contributed by atoms with van der Waals surface area (Å²) in [5.74, 6) is 0.199. The number of nitrogens with zero attached hydrogens (tertiary/aromatic N) is 3. The van der Waals surface area contributed by atoms with E-state index >= 15 is 0 Å². The van der Waals surface area contributed by atoms with E-state index in [4.69, 9.17) is 0 Å². The largest absolute Gasteiger partial charge is 0.337 e. The summed E-state index contributed by atoms with van der Waals surface area (Å²) in [6.07, 6.45) is 7.12. The quantitative estimate of drug-likeness (QED) is 0.899. The van der Waals surface area contributed by atoms with Crippen LogP contribution in [-0.2, 0) is 6.54 Å². The molecule has 138 valence electrons. The molecule has 0 aliphatic carbocycles. The fourth-order valence-electron chi connectivity index (χ4n) is 3.82. The summed E-state index contributed by atoms with van der Waals surface area (Å²) < 4.78 is 0. The monoisotopic (exact) mass is 370 g/mol. The predicted octanol–water partition coefficient (Wildman–Crippen LogP) is 2.92. The maximum absolute atomic E-state index is 12.9. The van der Waals surface area contributed by atoms with Gasteiger partial charge in [0.25, 0.3) is 5.91 Å². The molecule has 1 amide bonds. The molecule has 0 radical (unpaired) electrons. The lowest BCUT2D eigenvalue weighted by Crippen LogP contribution is -2.34. The zero-order chi connectivity index (χ0) is 17.8. The first-order valence-corrected chi connectivity index (χ1v) is 10.3. The SMILES string of the molecule is O=C(c1ccc([C@@H]2CCCN2)s1)N1CCCN(Cc2ccncc2)CC1. The van der Waals surface area contributed by atoms with E-state index in [1.54, 1.807) is 11.3 Å². The Hall–Kier alpha value is -1.76. The summed E-state index contributed by atoms with van der Waals surface area (Å²) in [6.45, 7) is 5.63. The standard InChI is InChI=1S/C20H26N4OS/c25-20(19-5-4-18(26-19)17-3-1-8-22-17)24-12-2-11-23(13-14-24)15-16-6-9-21-10-7-16/h4-7,9-10,17,22H,1-3,8,11-15H2/t17-/m0/s1. The van der Waals surface area contributed by atoms with E-state index in [1.165, 1.54) is 23.3 Å². The lowest BCUT2D eigenvalue weighted by atomic mass is 10.2. The highest BCUT2D eigenvalue weighted by molar-refractivity contribution is 7.14. The van der Waals surface area contributed by atoms with Crippen molar-refractivity contribution in [2.24, 2.45) is 0 Å². The molecule has 2 aliphatic heterocycles. The third-order valence-electron chi connectivity index (χ3n) is 5.27. The number of thiophene rings is 1. The van der Waals surface area contributed by atoms with Gasteiger partial charge in [-0.15, -0.1) is 11.3 Å². The predicted molar refractivity (Wildman–Crippen MR) is 104 cm³/mol. The molecule has 0 bridgehead atoms. The number of pyridine rings is 1. The van der Waals surface area contributed by atoms with Gasteiger partial charge in [0.15, 0.2) is 0 Å². The molecule has 4 rings (SSSR count). The Morgan fingerprint density at radius 3 is 2.81 bits per heavy atom. The van der Waals surface area contributed by atoms with Gasteiger partial charge >= 0.3 is 0 Å². The first-order valence-electron chi connectivity index (χ1n) is 9.53. The average molecular weight is 371 g/mol. The number of carbonyl (C=O) groups is 1. The van der Waals surface area contributed by atoms with Crippen molar-refractivity contribution >= 4 is 17.2 Å². The molecule has 1 atom stereocenters. The third-order valence-corrected chi connectivity index (χ3v) is 6.46. The normalized spacial score (nSPS) is 21.7. The van der Waals surface area contributed by atoms with Crippen molar-refractivity contribution in [1.82, 2.24) is 20.1 Å². The van der Waals surface area contributed by atoms with Crippen molar-refractivity contribution in [2.45, 2.75) is 31.8 Å². The number of amides is 1. The van der Waals surface area contributed by atoms with Crippen LogP contribution in [0, 0.1) is 0 Å². The maximum Gasteiger partial charge on any atom is 0.263 e. The van der Waals surface area contributed by atoms with Gasteiger partial charge in [0.2, 0.25) is 0 Å². The molecule has 4 heterocycles. The molecule has 2 aliphatic rings. The van der Waals surface area contributed by atoms with Crippen molar-refractivity contribution in [3.63, 3.8) is 0 Å². The number of hydrogen-bond donors (Lipinski definition) is 1. The van der Waals surface area contributed by atoms with Gasteiger partial charge in [-0.25, -0.2) is 0 Å². The second-order valence-corrected chi connectivity index (χ2v) is 8.24. The van der Waals surface area contributed by atoms with Gasteiger partial charge in [0.05, 0.1) is 4.88 Å². The van der Waals surface area contributed by atoms with Crippen LogP contribution in [0.3, 0.4) is 0 Å². The third kappa shape index (κ3) is 4.14. The Morgan fingerprint density at radius 2 is 2.00 bits per heavy atom. The van der Waals surface area contributed by atoms with Gasteiger partial charge in [-0.2, -0.15) is 0 Å². The van der Waals surface area contributed by atoms with E-state index < -0.39 is 0 Å². The number of rotatable bonds is 4.